The topological polar surface area (TPSA) is 100 Å². The zero-order valence-electron chi connectivity index (χ0n) is 10.7. The fourth-order valence-electron chi connectivity index (χ4n) is 2.22. The zero-order valence-corrected chi connectivity index (χ0v) is 10.7. The summed E-state index contributed by atoms with van der Waals surface area (Å²) < 4.78 is 0. The van der Waals surface area contributed by atoms with E-state index >= 15 is 0 Å². The van der Waals surface area contributed by atoms with Crippen LogP contribution in [0.2, 0.25) is 0 Å². The number of imide groups is 1. The minimum Gasteiger partial charge on any atom is -0.476 e. The lowest BCUT2D eigenvalue weighted by Crippen LogP contribution is -2.43. The molecule has 0 radical (unpaired) electrons. The molecule has 1 aromatic heterocycles. The number of rotatable bonds is 2. The molecule has 0 unspecified atom stereocenters. The number of carbonyl (C=O) groups is 3. The second-order valence-corrected chi connectivity index (χ2v) is 4.40. The summed E-state index contributed by atoms with van der Waals surface area (Å²) in [4.78, 5) is 44.1. The van der Waals surface area contributed by atoms with Crippen LogP contribution in [-0.2, 0) is 11.2 Å². The summed E-state index contributed by atoms with van der Waals surface area (Å²) in [5.74, 6) is -2.72. The maximum atomic E-state index is 12.4. The van der Waals surface area contributed by atoms with Gasteiger partial charge in [0.1, 0.15) is 0 Å². The number of fused-ring (bicyclic) bond motifs is 1. The molecule has 0 saturated heterocycles. The van der Waals surface area contributed by atoms with Crippen LogP contribution in [0.4, 0.5) is 5.82 Å². The van der Waals surface area contributed by atoms with Crippen LogP contribution in [0.15, 0.2) is 36.7 Å². The SMILES string of the molecule is O=C(O)c1nccnc1N1C(=O)Cc2ccccc2C1=O. The van der Waals surface area contributed by atoms with Crippen molar-refractivity contribution in [1.29, 1.82) is 0 Å². The normalized spacial score (nSPS) is 14.0. The van der Waals surface area contributed by atoms with Crippen molar-refractivity contribution in [3.63, 3.8) is 0 Å². The first kappa shape index (κ1) is 12.9. The number of aromatic nitrogens is 2. The van der Waals surface area contributed by atoms with Crippen molar-refractivity contribution in [3.8, 4) is 0 Å². The molecule has 1 aliphatic rings. The maximum absolute atomic E-state index is 12.4. The van der Waals surface area contributed by atoms with Crippen molar-refractivity contribution in [1.82, 2.24) is 9.97 Å². The Labute approximate surface area is 118 Å². The first-order valence-electron chi connectivity index (χ1n) is 6.09. The predicted octanol–water partition coefficient (Wildman–Crippen LogP) is 0.904. The minimum absolute atomic E-state index is 0.0115. The number of hydrogen-bond donors (Lipinski definition) is 1. The van der Waals surface area contributed by atoms with Gasteiger partial charge < -0.3 is 5.11 Å². The lowest BCUT2D eigenvalue weighted by atomic mass is 9.98. The van der Waals surface area contributed by atoms with Gasteiger partial charge in [0.05, 0.1) is 6.42 Å². The quantitative estimate of drug-likeness (QED) is 0.822. The molecule has 2 heterocycles. The number of nitrogens with zero attached hydrogens (tertiary/aromatic N) is 3. The smallest absolute Gasteiger partial charge is 0.358 e. The van der Waals surface area contributed by atoms with Crippen LogP contribution >= 0.6 is 0 Å². The average Bonchev–Trinajstić information content (AvgIpc) is 2.47. The second kappa shape index (κ2) is 4.78. The van der Waals surface area contributed by atoms with Crippen molar-refractivity contribution < 1.29 is 19.5 Å². The van der Waals surface area contributed by atoms with Gasteiger partial charge in [-0.3, -0.25) is 9.59 Å². The van der Waals surface area contributed by atoms with E-state index in [4.69, 9.17) is 5.11 Å². The molecule has 1 N–H and O–H groups in total. The number of carbonyl (C=O) groups excluding carboxylic acids is 2. The summed E-state index contributed by atoms with van der Waals surface area (Å²) in [6.07, 6.45) is 2.44. The van der Waals surface area contributed by atoms with Crippen LogP contribution in [-0.4, -0.2) is 32.9 Å². The van der Waals surface area contributed by atoms with Crippen molar-refractivity contribution >= 4 is 23.6 Å². The Balaban J connectivity index is 2.14. The molecular formula is C14H9N3O4. The van der Waals surface area contributed by atoms with Gasteiger partial charge in [0, 0.05) is 18.0 Å². The number of aromatic carboxylic acids is 1. The Bertz CT molecular complexity index is 772. The van der Waals surface area contributed by atoms with E-state index in [-0.39, 0.29) is 12.2 Å². The highest BCUT2D eigenvalue weighted by atomic mass is 16.4. The van der Waals surface area contributed by atoms with Gasteiger partial charge in [-0.05, 0) is 11.6 Å². The van der Waals surface area contributed by atoms with Gasteiger partial charge in [0.25, 0.3) is 5.91 Å². The molecule has 104 valence electrons. The van der Waals surface area contributed by atoms with Crippen LogP contribution in [0, 0.1) is 0 Å². The third kappa shape index (κ3) is 2.04. The Morgan fingerprint density at radius 1 is 1.14 bits per heavy atom. The van der Waals surface area contributed by atoms with E-state index in [0.717, 1.165) is 4.90 Å². The second-order valence-electron chi connectivity index (χ2n) is 4.40. The number of anilines is 1. The number of hydrogen-bond acceptors (Lipinski definition) is 5. The predicted molar refractivity (Wildman–Crippen MR) is 71.0 cm³/mol. The average molecular weight is 283 g/mol. The molecule has 0 spiro atoms. The lowest BCUT2D eigenvalue weighted by molar-refractivity contribution is -0.117. The van der Waals surface area contributed by atoms with Crippen LogP contribution in [0.3, 0.4) is 0 Å². The Morgan fingerprint density at radius 3 is 2.62 bits per heavy atom. The molecule has 2 aromatic rings. The molecule has 0 fully saturated rings. The summed E-state index contributed by atoms with van der Waals surface area (Å²) in [5, 5.41) is 9.11. The fraction of sp³-hybridized carbons (Fsp3) is 0.0714. The van der Waals surface area contributed by atoms with E-state index in [1.165, 1.54) is 12.4 Å². The standard InChI is InChI=1S/C14H9N3O4/c18-10-7-8-3-1-2-4-9(8)13(19)17(10)12-11(14(20)21)15-5-6-16-12/h1-6H,7H2,(H,20,21). The van der Waals surface area contributed by atoms with E-state index < -0.39 is 23.5 Å². The number of carboxylic acids is 1. The molecule has 1 aliphatic heterocycles. The summed E-state index contributed by atoms with van der Waals surface area (Å²) in [7, 11) is 0. The molecule has 2 amide bonds. The largest absolute Gasteiger partial charge is 0.476 e. The summed E-state index contributed by atoms with van der Waals surface area (Å²) in [6, 6.07) is 6.70. The van der Waals surface area contributed by atoms with E-state index in [9.17, 15) is 14.4 Å². The summed E-state index contributed by atoms with van der Waals surface area (Å²) in [6.45, 7) is 0. The lowest BCUT2D eigenvalue weighted by Gasteiger charge is -2.26. The van der Waals surface area contributed by atoms with Gasteiger partial charge in [-0.2, -0.15) is 0 Å². The monoisotopic (exact) mass is 283 g/mol. The third-order valence-corrected chi connectivity index (χ3v) is 3.14. The van der Waals surface area contributed by atoms with E-state index in [2.05, 4.69) is 9.97 Å². The van der Waals surface area contributed by atoms with Crippen molar-refractivity contribution in [3.05, 3.63) is 53.5 Å². The maximum Gasteiger partial charge on any atom is 0.358 e. The highest BCUT2D eigenvalue weighted by molar-refractivity contribution is 6.25. The van der Waals surface area contributed by atoms with Crippen LogP contribution in [0.5, 0.6) is 0 Å². The molecule has 7 nitrogen and oxygen atoms in total. The Morgan fingerprint density at radius 2 is 1.86 bits per heavy atom. The molecule has 21 heavy (non-hydrogen) atoms. The van der Waals surface area contributed by atoms with Crippen molar-refractivity contribution in [2.75, 3.05) is 4.90 Å². The molecule has 0 aliphatic carbocycles. The summed E-state index contributed by atoms with van der Waals surface area (Å²) in [5.41, 5.74) is 0.544. The fourth-order valence-corrected chi connectivity index (χ4v) is 2.22. The van der Waals surface area contributed by atoms with Gasteiger partial charge in [-0.1, -0.05) is 18.2 Å². The van der Waals surface area contributed by atoms with Crippen LogP contribution in [0.25, 0.3) is 0 Å². The highest BCUT2D eigenvalue weighted by Crippen LogP contribution is 2.25. The van der Waals surface area contributed by atoms with Gasteiger partial charge in [0.15, 0.2) is 11.5 Å². The van der Waals surface area contributed by atoms with Crippen molar-refractivity contribution in [2.45, 2.75) is 6.42 Å². The molecule has 7 heteroatoms. The van der Waals surface area contributed by atoms with Crippen LogP contribution < -0.4 is 4.90 Å². The van der Waals surface area contributed by atoms with Gasteiger partial charge in [0.2, 0.25) is 5.91 Å². The number of amides is 2. The van der Waals surface area contributed by atoms with Gasteiger partial charge in [-0.25, -0.2) is 19.7 Å². The molecule has 0 bridgehead atoms. The number of carboxylic acid groups (broad SMARTS) is 1. The van der Waals surface area contributed by atoms with Gasteiger partial charge in [-0.15, -0.1) is 0 Å². The molecule has 0 atom stereocenters. The zero-order chi connectivity index (χ0) is 15.0. The van der Waals surface area contributed by atoms with E-state index in [0.29, 0.717) is 11.1 Å². The molecular weight excluding hydrogens is 274 g/mol. The first-order valence-corrected chi connectivity index (χ1v) is 6.09. The first-order chi connectivity index (χ1) is 10.1. The molecule has 0 saturated carbocycles. The Kier molecular flexibility index (Phi) is 2.94. The van der Waals surface area contributed by atoms with Gasteiger partial charge >= 0.3 is 5.97 Å². The molecule has 1 aromatic carbocycles. The third-order valence-electron chi connectivity index (χ3n) is 3.14. The van der Waals surface area contributed by atoms with E-state index in [1.54, 1.807) is 24.3 Å². The van der Waals surface area contributed by atoms with Crippen molar-refractivity contribution in [2.24, 2.45) is 0 Å². The Hall–Kier alpha value is -3.09. The van der Waals surface area contributed by atoms with E-state index in [1.807, 2.05) is 0 Å². The highest BCUT2D eigenvalue weighted by Gasteiger charge is 2.35. The molecule has 3 rings (SSSR count). The minimum atomic E-state index is -1.35. The van der Waals surface area contributed by atoms with Crippen LogP contribution in [0.1, 0.15) is 26.4 Å². The summed E-state index contributed by atoms with van der Waals surface area (Å²) >= 11 is 0. The number of benzene rings is 1.